The molecule has 0 atom stereocenters. The van der Waals surface area contributed by atoms with Crippen molar-refractivity contribution in [2.75, 3.05) is 11.9 Å². The third-order valence-corrected chi connectivity index (χ3v) is 5.23. The van der Waals surface area contributed by atoms with Crippen LogP contribution >= 0.6 is 11.3 Å². The number of esters is 1. The van der Waals surface area contributed by atoms with Crippen LogP contribution in [0.5, 0.6) is 0 Å². The number of carbonyl (C=O) groups excluding carboxylic acids is 2. The van der Waals surface area contributed by atoms with Crippen molar-refractivity contribution in [2.45, 2.75) is 13.8 Å². The van der Waals surface area contributed by atoms with Crippen molar-refractivity contribution in [3.8, 4) is 5.69 Å². The zero-order chi connectivity index (χ0) is 21.3. The first-order chi connectivity index (χ1) is 14.5. The Hall–Kier alpha value is -3.72. The van der Waals surface area contributed by atoms with E-state index in [1.807, 2.05) is 13.0 Å². The van der Waals surface area contributed by atoms with E-state index < -0.39 is 17.4 Å². The van der Waals surface area contributed by atoms with Crippen LogP contribution in [0.4, 0.5) is 5.00 Å². The van der Waals surface area contributed by atoms with Gasteiger partial charge in [-0.1, -0.05) is 12.1 Å². The molecule has 0 spiro atoms. The number of thiophene rings is 1. The summed E-state index contributed by atoms with van der Waals surface area (Å²) < 4.78 is 11.4. The third-order valence-electron chi connectivity index (χ3n) is 4.34. The first-order valence-corrected chi connectivity index (χ1v) is 10.0. The first kappa shape index (κ1) is 19.6. The Bertz CT molecular complexity index is 1300. The maximum atomic E-state index is 13.3. The fourth-order valence-electron chi connectivity index (χ4n) is 3.00. The number of rotatable bonds is 5. The maximum absolute atomic E-state index is 13.3. The maximum Gasteiger partial charge on any atom is 0.359 e. The molecule has 30 heavy (non-hydrogen) atoms. The van der Waals surface area contributed by atoms with Crippen LogP contribution in [0.3, 0.4) is 0 Å². The Morgan fingerprint density at radius 1 is 1.27 bits per heavy atom. The highest BCUT2D eigenvalue weighted by atomic mass is 32.1. The van der Waals surface area contributed by atoms with Gasteiger partial charge in [0.25, 0.3) is 11.5 Å². The number of hydrogen-bond donors (Lipinski definition) is 1. The summed E-state index contributed by atoms with van der Waals surface area (Å²) in [7, 11) is 0. The minimum Gasteiger partial charge on any atom is -0.461 e. The molecule has 0 radical (unpaired) electrons. The van der Waals surface area contributed by atoms with Crippen LogP contribution in [0.1, 0.15) is 33.5 Å². The number of hydrogen-bond acceptors (Lipinski definition) is 7. The number of nitrogens with one attached hydrogen (secondary N) is 1. The fraction of sp³-hybridized carbons (Fsp3) is 0.143. The predicted octanol–water partition coefficient (Wildman–Crippen LogP) is 3.78. The number of anilines is 1. The largest absolute Gasteiger partial charge is 0.461 e. The van der Waals surface area contributed by atoms with Gasteiger partial charge in [-0.05, 0) is 43.7 Å². The lowest BCUT2D eigenvalue weighted by Gasteiger charge is -2.10. The molecule has 152 valence electrons. The highest BCUT2D eigenvalue weighted by Gasteiger charge is 2.23. The van der Waals surface area contributed by atoms with E-state index in [4.69, 9.17) is 9.15 Å². The molecule has 0 saturated heterocycles. The zero-order valence-corrected chi connectivity index (χ0v) is 17.0. The molecule has 1 aromatic carbocycles. The van der Waals surface area contributed by atoms with Crippen molar-refractivity contribution >= 4 is 39.0 Å². The topological polar surface area (TPSA) is 103 Å². The molecule has 4 rings (SSSR count). The Morgan fingerprint density at radius 3 is 2.80 bits per heavy atom. The van der Waals surface area contributed by atoms with E-state index in [1.54, 1.807) is 36.6 Å². The van der Waals surface area contributed by atoms with Gasteiger partial charge in [0.1, 0.15) is 5.00 Å². The van der Waals surface area contributed by atoms with Gasteiger partial charge in [0, 0.05) is 10.8 Å². The molecule has 3 heterocycles. The number of nitrogens with zero attached hydrogens (tertiary/aromatic N) is 2. The van der Waals surface area contributed by atoms with Crippen LogP contribution in [0.25, 0.3) is 16.5 Å². The Balaban J connectivity index is 1.92. The predicted molar refractivity (Wildman–Crippen MR) is 113 cm³/mol. The second kappa shape index (κ2) is 7.96. The van der Waals surface area contributed by atoms with Gasteiger partial charge < -0.3 is 14.5 Å². The number of ether oxygens (including phenoxy) is 1. The molecule has 0 unspecified atom stereocenters. The molecule has 0 saturated carbocycles. The van der Waals surface area contributed by atoms with Gasteiger partial charge in [-0.2, -0.15) is 9.78 Å². The lowest BCUT2D eigenvalue weighted by atomic mass is 10.2. The van der Waals surface area contributed by atoms with Gasteiger partial charge in [0.05, 0.1) is 23.9 Å². The van der Waals surface area contributed by atoms with Crippen LogP contribution in [0.2, 0.25) is 0 Å². The van der Waals surface area contributed by atoms with Crippen molar-refractivity contribution in [2.24, 2.45) is 0 Å². The number of furan rings is 1. The Morgan fingerprint density at radius 2 is 2.10 bits per heavy atom. The van der Waals surface area contributed by atoms with Crippen LogP contribution in [0, 0.1) is 6.92 Å². The first-order valence-electron chi connectivity index (χ1n) is 9.13. The van der Waals surface area contributed by atoms with Crippen LogP contribution in [0.15, 0.2) is 57.3 Å². The standard InChI is InChI=1S/C21H17N3O5S/c1-3-28-21(27)17-14-11-30-19(22-18(25)15-8-5-9-29-15)16(14)20(26)24(23-17)13-7-4-6-12(2)10-13/h4-11H,3H2,1-2H3,(H,22,25). The second-order valence-electron chi connectivity index (χ2n) is 6.41. The molecule has 1 amide bonds. The number of aromatic nitrogens is 2. The SMILES string of the molecule is CCOC(=O)c1nn(-c2cccc(C)c2)c(=O)c2c(NC(=O)c3ccco3)scc12. The number of fused-ring (bicyclic) bond motifs is 1. The van der Waals surface area contributed by atoms with Crippen molar-refractivity contribution in [1.82, 2.24) is 9.78 Å². The minimum atomic E-state index is -0.648. The number of amides is 1. The van der Waals surface area contributed by atoms with E-state index in [1.165, 1.54) is 12.3 Å². The summed E-state index contributed by atoms with van der Waals surface area (Å²) in [5.41, 5.74) is 0.972. The van der Waals surface area contributed by atoms with Crippen molar-refractivity contribution < 1.29 is 18.7 Å². The summed E-state index contributed by atoms with van der Waals surface area (Å²) in [6.45, 7) is 3.74. The lowest BCUT2D eigenvalue weighted by Crippen LogP contribution is -2.25. The van der Waals surface area contributed by atoms with Gasteiger partial charge in [-0.25, -0.2) is 4.79 Å². The molecule has 0 fully saturated rings. The van der Waals surface area contributed by atoms with Crippen LogP contribution in [-0.2, 0) is 4.74 Å². The molecular formula is C21H17N3O5S. The summed E-state index contributed by atoms with van der Waals surface area (Å²) in [6, 6.07) is 10.3. The van der Waals surface area contributed by atoms with Gasteiger partial charge in [0.2, 0.25) is 0 Å². The molecule has 8 nitrogen and oxygen atoms in total. The average molecular weight is 423 g/mol. The molecule has 0 aliphatic heterocycles. The quantitative estimate of drug-likeness (QED) is 0.490. The Labute approximate surface area is 174 Å². The molecule has 0 aliphatic carbocycles. The van der Waals surface area contributed by atoms with Crippen LogP contribution in [-0.4, -0.2) is 28.3 Å². The van der Waals surface area contributed by atoms with Gasteiger partial charge in [-0.3, -0.25) is 9.59 Å². The highest BCUT2D eigenvalue weighted by molar-refractivity contribution is 7.16. The number of benzene rings is 1. The van der Waals surface area contributed by atoms with E-state index in [-0.39, 0.29) is 23.4 Å². The Kier molecular flexibility index (Phi) is 5.20. The molecule has 4 aromatic rings. The molecule has 3 aromatic heterocycles. The summed E-state index contributed by atoms with van der Waals surface area (Å²) in [5.74, 6) is -1.04. The highest BCUT2D eigenvalue weighted by Crippen LogP contribution is 2.31. The zero-order valence-electron chi connectivity index (χ0n) is 16.2. The molecule has 9 heteroatoms. The summed E-state index contributed by atoms with van der Waals surface area (Å²) in [4.78, 5) is 38.3. The van der Waals surface area contributed by atoms with E-state index in [0.29, 0.717) is 16.1 Å². The van der Waals surface area contributed by atoms with Crippen molar-refractivity contribution in [1.29, 1.82) is 0 Å². The minimum absolute atomic E-state index is 0.00250. The third kappa shape index (κ3) is 3.50. The lowest BCUT2D eigenvalue weighted by molar-refractivity contribution is 0.0520. The fourth-order valence-corrected chi connectivity index (χ4v) is 3.93. The normalized spacial score (nSPS) is 10.9. The van der Waals surface area contributed by atoms with Gasteiger partial charge >= 0.3 is 5.97 Å². The molecule has 1 N–H and O–H groups in total. The smallest absolute Gasteiger partial charge is 0.359 e. The summed E-state index contributed by atoms with van der Waals surface area (Å²) >= 11 is 1.12. The number of carbonyl (C=O) groups is 2. The van der Waals surface area contributed by atoms with Crippen molar-refractivity contribution in [3.63, 3.8) is 0 Å². The van der Waals surface area contributed by atoms with Gasteiger partial charge in [0.15, 0.2) is 11.5 Å². The van der Waals surface area contributed by atoms with E-state index >= 15 is 0 Å². The molecule has 0 aliphatic rings. The summed E-state index contributed by atoms with van der Waals surface area (Å²) in [5, 5.41) is 9.37. The molecular weight excluding hydrogens is 406 g/mol. The summed E-state index contributed by atoms with van der Waals surface area (Å²) in [6.07, 6.45) is 1.38. The second-order valence-corrected chi connectivity index (χ2v) is 7.29. The van der Waals surface area contributed by atoms with E-state index in [2.05, 4.69) is 10.4 Å². The van der Waals surface area contributed by atoms with E-state index in [9.17, 15) is 14.4 Å². The molecule has 0 bridgehead atoms. The average Bonchev–Trinajstić information content (AvgIpc) is 3.39. The van der Waals surface area contributed by atoms with Crippen LogP contribution < -0.4 is 10.9 Å². The number of aryl methyl sites for hydroxylation is 1. The van der Waals surface area contributed by atoms with Gasteiger partial charge in [-0.15, -0.1) is 11.3 Å². The monoisotopic (exact) mass is 423 g/mol. The van der Waals surface area contributed by atoms with Crippen molar-refractivity contribution in [3.05, 3.63) is 75.4 Å². The van der Waals surface area contributed by atoms with E-state index in [0.717, 1.165) is 21.6 Å².